The van der Waals surface area contributed by atoms with Gasteiger partial charge in [0.15, 0.2) is 0 Å². The van der Waals surface area contributed by atoms with Gasteiger partial charge in [0.1, 0.15) is 0 Å². The van der Waals surface area contributed by atoms with Crippen LogP contribution in [0.15, 0.2) is 30.3 Å². The molecule has 1 fully saturated rings. The van der Waals surface area contributed by atoms with E-state index >= 15 is 0 Å². The van der Waals surface area contributed by atoms with Crippen molar-refractivity contribution in [2.75, 3.05) is 13.1 Å². The molecule has 0 heterocycles. The van der Waals surface area contributed by atoms with Crippen molar-refractivity contribution >= 4 is 0 Å². The first kappa shape index (κ1) is 15.5. The van der Waals surface area contributed by atoms with Crippen LogP contribution in [0.5, 0.6) is 0 Å². The Kier molecular flexibility index (Phi) is 6.55. The molecular formula is C18H29NO. The molecule has 20 heavy (non-hydrogen) atoms. The second-order valence-electron chi connectivity index (χ2n) is 6.05. The third-order valence-electron chi connectivity index (χ3n) is 4.28. The molecule has 0 aliphatic heterocycles. The fraction of sp³-hybridized carbons (Fsp3) is 0.667. The summed E-state index contributed by atoms with van der Waals surface area (Å²) in [6, 6.07) is 10.6. The zero-order valence-corrected chi connectivity index (χ0v) is 12.9. The van der Waals surface area contributed by atoms with Crippen LogP contribution in [0, 0.1) is 0 Å². The van der Waals surface area contributed by atoms with Crippen LogP contribution in [0.4, 0.5) is 0 Å². The highest BCUT2D eigenvalue weighted by Crippen LogP contribution is 2.31. The van der Waals surface area contributed by atoms with Crippen molar-refractivity contribution in [3.8, 4) is 0 Å². The molecule has 1 aliphatic carbocycles. The first-order chi connectivity index (χ1) is 9.85. The Morgan fingerprint density at radius 2 is 1.75 bits per heavy atom. The van der Waals surface area contributed by atoms with Crippen LogP contribution in [-0.2, 0) is 11.3 Å². The summed E-state index contributed by atoms with van der Waals surface area (Å²) in [5.74, 6) is 0. The molecule has 1 aromatic rings. The van der Waals surface area contributed by atoms with Gasteiger partial charge in [-0.25, -0.2) is 0 Å². The monoisotopic (exact) mass is 275 g/mol. The van der Waals surface area contributed by atoms with Crippen molar-refractivity contribution in [1.29, 1.82) is 0 Å². The number of nitrogens with one attached hydrogen (secondary N) is 1. The topological polar surface area (TPSA) is 21.3 Å². The van der Waals surface area contributed by atoms with Crippen LogP contribution in [0.2, 0.25) is 0 Å². The van der Waals surface area contributed by atoms with E-state index < -0.39 is 0 Å². The molecule has 0 bridgehead atoms. The maximum atomic E-state index is 6.42. The molecule has 0 spiro atoms. The third kappa shape index (κ3) is 4.92. The smallest absolute Gasteiger partial charge is 0.0810 e. The van der Waals surface area contributed by atoms with E-state index in [0.29, 0.717) is 0 Å². The molecule has 112 valence electrons. The van der Waals surface area contributed by atoms with E-state index in [2.05, 4.69) is 42.6 Å². The van der Waals surface area contributed by atoms with Gasteiger partial charge in [0.05, 0.1) is 12.2 Å². The number of hydrogen-bond donors (Lipinski definition) is 1. The molecule has 2 heteroatoms. The highest BCUT2D eigenvalue weighted by molar-refractivity contribution is 5.13. The molecule has 2 nitrogen and oxygen atoms in total. The Morgan fingerprint density at radius 3 is 2.40 bits per heavy atom. The molecule has 0 aromatic heterocycles. The Labute approximate surface area is 123 Å². The highest BCUT2D eigenvalue weighted by Gasteiger charge is 2.31. The van der Waals surface area contributed by atoms with Gasteiger partial charge in [-0.2, -0.15) is 0 Å². The number of ether oxygens (including phenoxy) is 1. The lowest BCUT2D eigenvalue weighted by atomic mass is 9.93. The van der Waals surface area contributed by atoms with Crippen molar-refractivity contribution in [3.05, 3.63) is 35.9 Å². The van der Waals surface area contributed by atoms with Gasteiger partial charge in [0.2, 0.25) is 0 Å². The molecule has 1 aliphatic rings. The minimum atomic E-state index is 0.0571. The molecule has 0 saturated heterocycles. The van der Waals surface area contributed by atoms with Crippen molar-refractivity contribution in [3.63, 3.8) is 0 Å². The SMILES string of the molecule is CCCNCC1(OCc2ccccc2)CCCCCC1. The lowest BCUT2D eigenvalue weighted by molar-refractivity contribution is -0.0654. The van der Waals surface area contributed by atoms with E-state index in [1.165, 1.54) is 50.5 Å². The van der Waals surface area contributed by atoms with Crippen LogP contribution >= 0.6 is 0 Å². The van der Waals surface area contributed by atoms with E-state index in [1.807, 2.05) is 0 Å². The van der Waals surface area contributed by atoms with Gasteiger partial charge in [-0.15, -0.1) is 0 Å². The molecule has 1 N–H and O–H groups in total. The maximum Gasteiger partial charge on any atom is 0.0810 e. The Balaban J connectivity index is 1.93. The van der Waals surface area contributed by atoms with Crippen LogP contribution < -0.4 is 5.32 Å². The predicted octanol–water partition coefficient (Wildman–Crippen LogP) is 4.30. The average molecular weight is 275 g/mol. The Hall–Kier alpha value is -0.860. The van der Waals surface area contributed by atoms with E-state index in [9.17, 15) is 0 Å². The third-order valence-corrected chi connectivity index (χ3v) is 4.28. The van der Waals surface area contributed by atoms with Crippen molar-refractivity contribution < 1.29 is 4.74 Å². The predicted molar refractivity (Wildman–Crippen MR) is 84.8 cm³/mol. The number of benzene rings is 1. The van der Waals surface area contributed by atoms with Gasteiger partial charge in [0, 0.05) is 6.54 Å². The molecule has 0 radical (unpaired) electrons. The zero-order valence-electron chi connectivity index (χ0n) is 12.9. The minimum absolute atomic E-state index is 0.0571. The normalized spacial score (nSPS) is 18.6. The average Bonchev–Trinajstić information content (AvgIpc) is 2.73. The summed E-state index contributed by atoms with van der Waals surface area (Å²) in [4.78, 5) is 0. The standard InChI is InChI=1S/C18H29NO/c1-2-14-19-16-18(12-8-3-4-9-13-18)20-15-17-10-6-5-7-11-17/h5-7,10-11,19H,2-4,8-9,12-16H2,1H3. The number of rotatable bonds is 7. The summed E-state index contributed by atoms with van der Waals surface area (Å²) < 4.78 is 6.42. The zero-order chi connectivity index (χ0) is 14.1. The second-order valence-corrected chi connectivity index (χ2v) is 6.05. The summed E-state index contributed by atoms with van der Waals surface area (Å²) in [6.07, 6.45) is 8.95. The molecule has 0 unspecified atom stereocenters. The van der Waals surface area contributed by atoms with Crippen LogP contribution in [0.1, 0.15) is 57.4 Å². The molecule has 1 saturated carbocycles. The van der Waals surface area contributed by atoms with Gasteiger partial charge in [-0.1, -0.05) is 62.9 Å². The highest BCUT2D eigenvalue weighted by atomic mass is 16.5. The molecular weight excluding hydrogens is 246 g/mol. The van der Waals surface area contributed by atoms with Crippen molar-refractivity contribution in [2.24, 2.45) is 0 Å². The summed E-state index contributed by atoms with van der Waals surface area (Å²) in [5, 5.41) is 3.58. The van der Waals surface area contributed by atoms with Gasteiger partial charge in [-0.3, -0.25) is 0 Å². The molecule has 1 aromatic carbocycles. The molecule has 2 rings (SSSR count). The summed E-state index contributed by atoms with van der Waals surface area (Å²) >= 11 is 0. The summed E-state index contributed by atoms with van der Waals surface area (Å²) in [7, 11) is 0. The van der Waals surface area contributed by atoms with Crippen LogP contribution in [0.3, 0.4) is 0 Å². The van der Waals surface area contributed by atoms with Gasteiger partial charge in [-0.05, 0) is 31.4 Å². The molecule has 0 atom stereocenters. The lowest BCUT2D eigenvalue weighted by Crippen LogP contribution is -2.43. The van der Waals surface area contributed by atoms with Crippen LogP contribution in [-0.4, -0.2) is 18.7 Å². The van der Waals surface area contributed by atoms with Gasteiger partial charge in [0.25, 0.3) is 0 Å². The Bertz CT molecular complexity index is 355. The summed E-state index contributed by atoms with van der Waals surface area (Å²) in [6.45, 7) is 5.07. The first-order valence-corrected chi connectivity index (χ1v) is 8.23. The second kappa shape index (κ2) is 8.43. The van der Waals surface area contributed by atoms with E-state index in [0.717, 1.165) is 19.7 Å². The quantitative estimate of drug-likeness (QED) is 0.592. The molecule has 0 amide bonds. The van der Waals surface area contributed by atoms with Crippen LogP contribution in [0.25, 0.3) is 0 Å². The van der Waals surface area contributed by atoms with Crippen molar-refractivity contribution in [1.82, 2.24) is 5.32 Å². The Morgan fingerprint density at radius 1 is 1.05 bits per heavy atom. The maximum absolute atomic E-state index is 6.42. The van der Waals surface area contributed by atoms with E-state index in [-0.39, 0.29) is 5.60 Å². The van der Waals surface area contributed by atoms with Gasteiger partial charge < -0.3 is 10.1 Å². The largest absolute Gasteiger partial charge is 0.369 e. The summed E-state index contributed by atoms with van der Waals surface area (Å²) in [5.41, 5.74) is 1.34. The minimum Gasteiger partial charge on any atom is -0.369 e. The fourth-order valence-electron chi connectivity index (χ4n) is 3.05. The lowest BCUT2D eigenvalue weighted by Gasteiger charge is -2.33. The first-order valence-electron chi connectivity index (χ1n) is 8.23. The van der Waals surface area contributed by atoms with E-state index in [4.69, 9.17) is 4.74 Å². The van der Waals surface area contributed by atoms with E-state index in [1.54, 1.807) is 0 Å². The fourth-order valence-corrected chi connectivity index (χ4v) is 3.05. The van der Waals surface area contributed by atoms with Gasteiger partial charge >= 0.3 is 0 Å². The number of hydrogen-bond acceptors (Lipinski definition) is 2. The van der Waals surface area contributed by atoms with Crippen molar-refractivity contribution in [2.45, 2.75) is 64.1 Å².